The van der Waals surface area contributed by atoms with Gasteiger partial charge in [-0.1, -0.05) is 12.1 Å². The summed E-state index contributed by atoms with van der Waals surface area (Å²) in [6.45, 7) is 1.91. The van der Waals surface area contributed by atoms with Crippen LogP contribution >= 0.6 is 0 Å². The van der Waals surface area contributed by atoms with Crippen molar-refractivity contribution >= 4 is 22.5 Å². The number of fused-ring (bicyclic) bond motifs is 1. The number of hydrogen-bond acceptors (Lipinski definition) is 3. The van der Waals surface area contributed by atoms with Gasteiger partial charge in [-0.25, -0.2) is 0 Å². The number of rotatable bonds is 4. The van der Waals surface area contributed by atoms with Crippen LogP contribution in [0.15, 0.2) is 42.5 Å². The molecule has 3 rings (SSSR count). The van der Waals surface area contributed by atoms with Gasteiger partial charge in [-0.05, 0) is 42.8 Å². The van der Waals surface area contributed by atoms with Crippen molar-refractivity contribution in [2.75, 3.05) is 19.5 Å². The van der Waals surface area contributed by atoms with E-state index in [1.54, 1.807) is 26.4 Å². The number of hydrogen-bond donors (Lipinski definition) is 2. The van der Waals surface area contributed by atoms with Crippen LogP contribution in [0.3, 0.4) is 0 Å². The molecule has 0 fully saturated rings. The number of aromatic amines is 1. The molecule has 0 atom stereocenters. The van der Waals surface area contributed by atoms with Crippen LogP contribution in [0.4, 0.5) is 5.69 Å². The first-order chi connectivity index (χ1) is 11.1. The molecule has 1 heterocycles. The van der Waals surface area contributed by atoms with Gasteiger partial charge >= 0.3 is 0 Å². The fourth-order valence-electron chi connectivity index (χ4n) is 2.59. The molecule has 0 aliphatic carbocycles. The smallest absolute Gasteiger partial charge is 0.272 e. The number of nitrogens with one attached hydrogen (secondary N) is 2. The highest BCUT2D eigenvalue weighted by molar-refractivity contribution is 6.08. The molecule has 5 nitrogen and oxygen atoms in total. The van der Waals surface area contributed by atoms with E-state index in [0.29, 0.717) is 17.1 Å². The van der Waals surface area contributed by atoms with Crippen molar-refractivity contribution < 1.29 is 14.3 Å². The van der Waals surface area contributed by atoms with Crippen LogP contribution in [0.1, 0.15) is 16.1 Å². The number of anilines is 1. The second kappa shape index (κ2) is 6.04. The van der Waals surface area contributed by atoms with E-state index in [1.807, 2.05) is 37.3 Å². The summed E-state index contributed by atoms with van der Waals surface area (Å²) in [7, 11) is 3.20. The SMILES string of the molecule is COc1ccc2[nH]c(C(=O)Nc3ccccc3OC)c(C)c2c1. The van der Waals surface area contributed by atoms with Crippen LogP contribution in [0.25, 0.3) is 10.9 Å². The Labute approximate surface area is 134 Å². The fourth-order valence-corrected chi connectivity index (χ4v) is 2.59. The molecule has 0 saturated heterocycles. The molecule has 0 radical (unpaired) electrons. The molecule has 2 N–H and O–H groups in total. The lowest BCUT2D eigenvalue weighted by Crippen LogP contribution is -2.14. The Morgan fingerprint density at radius 2 is 1.87 bits per heavy atom. The van der Waals surface area contributed by atoms with E-state index in [1.165, 1.54) is 0 Å². The molecular formula is C18H18N2O3. The number of H-pyrrole nitrogens is 1. The van der Waals surface area contributed by atoms with Crippen molar-refractivity contribution in [1.29, 1.82) is 0 Å². The quantitative estimate of drug-likeness (QED) is 0.771. The van der Waals surface area contributed by atoms with E-state index in [-0.39, 0.29) is 5.91 Å². The van der Waals surface area contributed by atoms with Gasteiger partial charge in [0.25, 0.3) is 5.91 Å². The Kier molecular flexibility index (Phi) is 3.93. The normalized spacial score (nSPS) is 10.6. The molecule has 2 aromatic carbocycles. The standard InChI is InChI=1S/C18H18N2O3/c1-11-13-10-12(22-2)8-9-14(13)19-17(11)18(21)20-15-6-4-5-7-16(15)23-3/h4-10,19H,1-3H3,(H,20,21). The Morgan fingerprint density at radius 1 is 1.09 bits per heavy atom. The highest BCUT2D eigenvalue weighted by atomic mass is 16.5. The highest BCUT2D eigenvalue weighted by Crippen LogP contribution is 2.28. The summed E-state index contributed by atoms with van der Waals surface area (Å²) in [6, 6.07) is 13.0. The van der Waals surface area contributed by atoms with Gasteiger partial charge in [-0.2, -0.15) is 0 Å². The number of carbonyl (C=O) groups is 1. The Hall–Kier alpha value is -2.95. The lowest BCUT2D eigenvalue weighted by atomic mass is 10.1. The summed E-state index contributed by atoms with van der Waals surface area (Å²) < 4.78 is 10.5. The molecule has 23 heavy (non-hydrogen) atoms. The molecule has 1 aromatic heterocycles. The third kappa shape index (κ3) is 2.73. The van der Waals surface area contributed by atoms with Crippen LogP contribution in [-0.4, -0.2) is 25.1 Å². The third-order valence-corrected chi connectivity index (χ3v) is 3.85. The number of para-hydroxylation sites is 2. The van der Waals surface area contributed by atoms with Gasteiger partial charge in [0, 0.05) is 10.9 Å². The first kappa shape index (κ1) is 15.0. The molecule has 118 valence electrons. The lowest BCUT2D eigenvalue weighted by molar-refractivity contribution is 0.102. The maximum atomic E-state index is 12.6. The molecule has 3 aromatic rings. The molecule has 5 heteroatoms. The minimum Gasteiger partial charge on any atom is -0.497 e. The van der Waals surface area contributed by atoms with Crippen molar-refractivity contribution in [2.24, 2.45) is 0 Å². The number of benzene rings is 2. The summed E-state index contributed by atoms with van der Waals surface area (Å²) in [5.74, 6) is 1.18. The van der Waals surface area contributed by atoms with Gasteiger partial charge < -0.3 is 19.8 Å². The number of carbonyl (C=O) groups excluding carboxylic acids is 1. The summed E-state index contributed by atoms with van der Waals surface area (Å²) >= 11 is 0. The first-order valence-electron chi connectivity index (χ1n) is 7.24. The molecule has 0 aliphatic heterocycles. The van der Waals surface area contributed by atoms with Gasteiger partial charge in [-0.3, -0.25) is 4.79 Å². The summed E-state index contributed by atoms with van der Waals surface area (Å²) in [4.78, 5) is 15.8. The zero-order valence-corrected chi connectivity index (χ0v) is 13.3. The monoisotopic (exact) mass is 310 g/mol. The van der Waals surface area contributed by atoms with E-state index in [9.17, 15) is 4.79 Å². The fraction of sp³-hybridized carbons (Fsp3) is 0.167. The summed E-state index contributed by atoms with van der Waals surface area (Å²) in [5, 5.41) is 3.85. The predicted molar refractivity (Wildman–Crippen MR) is 90.5 cm³/mol. The Bertz CT molecular complexity index is 868. The lowest BCUT2D eigenvalue weighted by Gasteiger charge is -2.09. The number of amides is 1. The molecular weight excluding hydrogens is 292 g/mol. The van der Waals surface area contributed by atoms with E-state index < -0.39 is 0 Å². The molecule has 0 spiro atoms. The summed E-state index contributed by atoms with van der Waals surface area (Å²) in [5.41, 5.74) is 2.94. The molecule has 0 bridgehead atoms. The number of aryl methyl sites for hydroxylation is 1. The average Bonchev–Trinajstić information content (AvgIpc) is 2.91. The van der Waals surface area contributed by atoms with Crippen LogP contribution in [-0.2, 0) is 0 Å². The number of ether oxygens (including phenoxy) is 2. The van der Waals surface area contributed by atoms with E-state index >= 15 is 0 Å². The minimum absolute atomic E-state index is 0.206. The second-order valence-electron chi connectivity index (χ2n) is 5.19. The number of aromatic nitrogens is 1. The first-order valence-corrected chi connectivity index (χ1v) is 7.24. The molecule has 0 unspecified atom stereocenters. The molecule has 0 aliphatic rings. The van der Waals surface area contributed by atoms with Gasteiger partial charge in [0.1, 0.15) is 17.2 Å². The third-order valence-electron chi connectivity index (χ3n) is 3.85. The molecule has 0 saturated carbocycles. The topological polar surface area (TPSA) is 63.4 Å². The van der Waals surface area contributed by atoms with Crippen molar-refractivity contribution in [3.63, 3.8) is 0 Å². The average molecular weight is 310 g/mol. The zero-order valence-electron chi connectivity index (χ0n) is 13.3. The van der Waals surface area contributed by atoms with Gasteiger partial charge in [0.15, 0.2) is 0 Å². The van der Waals surface area contributed by atoms with Crippen molar-refractivity contribution in [2.45, 2.75) is 6.92 Å². The van der Waals surface area contributed by atoms with Crippen molar-refractivity contribution in [1.82, 2.24) is 4.98 Å². The maximum Gasteiger partial charge on any atom is 0.272 e. The maximum absolute atomic E-state index is 12.6. The summed E-state index contributed by atoms with van der Waals surface area (Å²) in [6.07, 6.45) is 0. The Morgan fingerprint density at radius 3 is 2.61 bits per heavy atom. The van der Waals surface area contributed by atoms with Crippen molar-refractivity contribution in [3.05, 3.63) is 53.7 Å². The predicted octanol–water partition coefficient (Wildman–Crippen LogP) is 3.75. The highest BCUT2D eigenvalue weighted by Gasteiger charge is 2.16. The van der Waals surface area contributed by atoms with Crippen LogP contribution in [0.2, 0.25) is 0 Å². The van der Waals surface area contributed by atoms with E-state index in [4.69, 9.17) is 9.47 Å². The zero-order chi connectivity index (χ0) is 16.4. The van der Waals surface area contributed by atoms with Crippen molar-refractivity contribution in [3.8, 4) is 11.5 Å². The van der Waals surface area contributed by atoms with Crippen LogP contribution in [0, 0.1) is 6.92 Å². The molecule has 1 amide bonds. The van der Waals surface area contributed by atoms with Gasteiger partial charge in [-0.15, -0.1) is 0 Å². The minimum atomic E-state index is -0.206. The Balaban J connectivity index is 1.96. The van der Waals surface area contributed by atoms with E-state index in [2.05, 4.69) is 10.3 Å². The van der Waals surface area contributed by atoms with Gasteiger partial charge in [0.05, 0.1) is 19.9 Å². The van der Waals surface area contributed by atoms with Crippen LogP contribution in [0.5, 0.6) is 11.5 Å². The largest absolute Gasteiger partial charge is 0.497 e. The number of methoxy groups -OCH3 is 2. The van der Waals surface area contributed by atoms with E-state index in [0.717, 1.165) is 22.2 Å². The van der Waals surface area contributed by atoms with Gasteiger partial charge in [0.2, 0.25) is 0 Å². The second-order valence-corrected chi connectivity index (χ2v) is 5.19. The van der Waals surface area contributed by atoms with Crippen LogP contribution < -0.4 is 14.8 Å².